The molecule has 0 aromatic rings. The lowest BCUT2D eigenvalue weighted by molar-refractivity contribution is -0.137. The van der Waals surface area contributed by atoms with Crippen molar-refractivity contribution in [1.29, 1.82) is 0 Å². The summed E-state index contributed by atoms with van der Waals surface area (Å²) in [7, 11) is -3.50. The third kappa shape index (κ3) is 4.43. The topological polar surface area (TPSA) is 77.9 Å². The largest absolute Gasteiger partial charge is 0.481 e. The minimum Gasteiger partial charge on any atom is -0.481 e. The molecule has 1 atom stereocenters. The molecule has 7 heteroatoms. The summed E-state index contributed by atoms with van der Waals surface area (Å²) >= 11 is 0. The Hall–Kier alpha value is -0.660. The molecule has 1 heterocycles. The Morgan fingerprint density at radius 2 is 2.05 bits per heavy atom. The third-order valence-corrected chi connectivity index (χ3v) is 6.01. The number of rotatable bonds is 7. The van der Waals surface area contributed by atoms with Gasteiger partial charge in [-0.1, -0.05) is 6.42 Å². The van der Waals surface area contributed by atoms with Gasteiger partial charge in [0.1, 0.15) is 0 Å². The van der Waals surface area contributed by atoms with Gasteiger partial charge in [-0.2, -0.15) is 17.0 Å². The first-order chi connectivity index (χ1) is 9.26. The van der Waals surface area contributed by atoms with Gasteiger partial charge in [-0.3, -0.25) is 4.79 Å². The fraction of sp³-hybridized carbons (Fsp3) is 0.923. The minimum absolute atomic E-state index is 0.00566. The van der Waals surface area contributed by atoms with Crippen LogP contribution in [0, 0.1) is 0 Å². The molecule has 1 saturated heterocycles. The van der Waals surface area contributed by atoms with Crippen LogP contribution in [0.3, 0.4) is 0 Å². The average Bonchev–Trinajstić information content (AvgIpc) is 2.33. The molecule has 0 amide bonds. The lowest BCUT2D eigenvalue weighted by Crippen LogP contribution is -2.52. The Morgan fingerprint density at radius 3 is 2.55 bits per heavy atom. The zero-order valence-corrected chi connectivity index (χ0v) is 13.4. The maximum Gasteiger partial charge on any atom is 0.303 e. The van der Waals surface area contributed by atoms with Gasteiger partial charge in [-0.05, 0) is 40.0 Å². The zero-order valence-electron chi connectivity index (χ0n) is 12.6. The summed E-state index contributed by atoms with van der Waals surface area (Å²) in [5, 5.41) is 8.68. The van der Waals surface area contributed by atoms with Crippen LogP contribution in [0.4, 0.5) is 0 Å². The molecule has 6 nitrogen and oxygen atoms in total. The standard InChI is InChI=1S/C13H26N2O4S/c1-11(2)14(10-6-8-13(16)17)20(18,19)15-9-5-4-7-12(15)3/h11-12H,4-10H2,1-3H3,(H,16,17). The number of hydrogen-bond acceptors (Lipinski definition) is 3. The van der Waals surface area contributed by atoms with E-state index in [-0.39, 0.29) is 25.0 Å². The number of carboxylic acid groups (broad SMARTS) is 1. The third-order valence-electron chi connectivity index (χ3n) is 3.68. The first-order valence-electron chi connectivity index (χ1n) is 7.27. The minimum atomic E-state index is -3.50. The molecule has 1 fully saturated rings. The summed E-state index contributed by atoms with van der Waals surface area (Å²) in [6.07, 6.45) is 3.18. The first-order valence-corrected chi connectivity index (χ1v) is 8.67. The number of carbonyl (C=O) groups is 1. The molecule has 0 aromatic heterocycles. The Bertz CT molecular complexity index is 422. The lowest BCUT2D eigenvalue weighted by Gasteiger charge is -2.37. The molecule has 118 valence electrons. The lowest BCUT2D eigenvalue weighted by atomic mass is 10.1. The normalized spacial score (nSPS) is 21.6. The van der Waals surface area contributed by atoms with Crippen molar-refractivity contribution in [2.75, 3.05) is 13.1 Å². The molecule has 1 N–H and O–H groups in total. The number of hydrogen-bond donors (Lipinski definition) is 1. The van der Waals surface area contributed by atoms with E-state index in [2.05, 4.69) is 0 Å². The Balaban J connectivity index is 2.80. The van der Waals surface area contributed by atoms with Crippen molar-refractivity contribution in [3.05, 3.63) is 0 Å². The summed E-state index contributed by atoms with van der Waals surface area (Å²) in [4.78, 5) is 10.6. The van der Waals surface area contributed by atoms with E-state index >= 15 is 0 Å². The fourth-order valence-corrected chi connectivity index (χ4v) is 4.66. The Kier molecular flexibility index (Phi) is 6.42. The van der Waals surface area contributed by atoms with Crippen molar-refractivity contribution < 1.29 is 18.3 Å². The van der Waals surface area contributed by atoms with Crippen molar-refractivity contribution in [2.45, 2.75) is 65.0 Å². The van der Waals surface area contributed by atoms with Crippen LogP contribution in [0.1, 0.15) is 52.9 Å². The SMILES string of the molecule is CC(C)N(CCCC(=O)O)S(=O)(=O)N1CCCCC1C. The van der Waals surface area contributed by atoms with Gasteiger partial charge in [0.05, 0.1) is 0 Å². The second kappa shape index (κ2) is 7.38. The van der Waals surface area contributed by atoms with E-state index < -0.39 is 16.2 Å². The molecule has 1 aliphatic heterocycles. The van der Waals surface area contributed by atoms with Crippen LogP contribution in [-0.2, 0) is 15.0 Å². The van der Waals surface area contributed by atoms with E-state index in [9.17, 15) is 13.2 Å². The monoisotopic (exact) mass is 306 g/mol. The average molecular weight is 306 g/mol. The van der Waals surface area contributed by atoms with Crippen molar-refractivity contribution in [3.63, 3.8) is 0 Å². The predicted molar refractivity (Wildman–Crippen MR) is 77.7 cm³/mol. The summed E-state index contributed by atoms with van der Waals surface area (Å²) in [6, 6.07) is -0.141. The van der Waals surface area contributed by atoms with E-state index in [0.717, 1.165) is 19.3 Å². The highest BCUT2D eigenvalue weighted by Crippen LogP contribution is 2.23. The van der Waals surface area contributed by atoms with E-state index in [0.29, 0.717) is 13.0 Å². The number of carboxylic acids is 1. The van der Waals surface area contributed by atoms with Gasteiger partial charge in [0.15, 0.2) is 0 Å². The van der Waals surface area contributed by atoms with Crippen LogP contribution in [0.15, 0.2) is 0 Å². The number of aliphatic carboxylic acids is 1. The number of piperidine rings is 1. The van der Waals surface area contributed by atoms with Crippen molar-refractivity contribution in [2.24, 2.45) is 0 Å². The highest BCUT2D eigenvalue weighted by atomic mass is 32.2. The van der Waals surface area contributed by atoms with Gasteiger partial charge in [0.2, 0.25) is 0 Å². The number of nitrogens with zero attached hydrogens (tertiary/aromatic N) is 2. The highest BCUT2D eigenvalue weighted by Gasteiger charge is 2.35. The summed E-state index contributed by atoms with van der Waals surface area (Å²) in [6.45, 7) is 6.41. The van der Waals surface area contributed by atoms with Crippen molar-refractivity contribution in [1.82, 2.24) is 8.61 Å². The van der Waals surface area contributed by atoms with Crippen LogP contribution in [0.25, 0.3) is 0 Å². The van der Waals surface area contributed by atoms with Gasteiger partial charge in [-0.15, -0.1) is 0 Å². The van der Waals surface area contributed by atoms with E-state index in [1.165, 1.54) is 4.31 Å². The molecular formula is C13H26N2O4S. The predicted octanol–water partition coefficient (Wildman–Crippen LogP) is 1.68. The molecule has 0 radical (unpaired) electrons. The Labute approximate surface area is 121 Å². The van der Waals surface area contributed by atoms with Gasteiger partial charge >= 0.3 is 5.97 Å². The fourth-order valence-electron chi connectivity index (χ4n) is 2.58. The molecule has 0 aliphatic carbocycles. The quantitative estimate of drug-likeness (QED) is 0.776. The molecule has 0 bridgehead atoms. The molecule has 1 aliphatic rings. The van der Waals surface area contributed by atoms with Gasteiger partial charge in [0.25, 0.3) is 10.2 Å². The second-order valence-electron chi connectivity index (χ2n) is 5.67. The van der Waals surface area contributed by atoms with Crippen LogP contribution >= 0.6 is 0 Å². The maximum absolute atomic E-state index is 12.7. The van der Waals surface area contributed by atoms with Crippen LogP contribution in [0.2, 0.25) is 0 Å². The molecular weight excluding hydrogens is 280 g/mol. The smallest absolute Gasteiger partial charge is 0.303 e. The summed E-state index contributed by atoms with van der Waals surface area (Å²) in [5.41, 5.74) is 0. The van der Waals surface area contributed by atoms with Crippen LogP contribution < -0.4 is 0 Å². The first kappa shape index (κ1) is 17.4. The molecule has 0 aromatic carbocycles. The van der Waals surface area contributed by atoms with Gasteiger partial charge in [0, 0.05) is 31.6 Å². The molecule has 20 heavy (non-hydrogen) atoms. The Morgan fingerprint density at radius 1 is 1.40 bits per heavy atom. The van der Waals surface area contributed by atoms with Crippen molar-refractivity contribution in [3.8, 4) is 0 Å². The second-order valence-corrected chi connectivity index (χ2v) is 7.50. The summed E-state index contributed by atoms with van der Waals surface area (Å²) in [5.74, 6) is -0.891. The van der Waals surface area contributed by atoms with E-state index in [1.54, 1.807) is 4.31 Å². The molecule has 0 saturated carbocycles. The van der Waals surface area contributed by atoms with Gasteiger partial charge in [-0.25, -0.2) is 0 Å². The van der Waals surface area contributed by atoms with Crippen molar-refractivity contribution >= 4 is 16.2 Å². The summed E-state index contributed by atoms with van der Waals surface area (Å²) < 4.78 is 28.4. The maximum atomic E-state index is 12.7. The highest BCUT2D eigenvalue weighted by molar-refractivity contribution is 7.86. The van der Waals surface area contributed by atoms with Gasteiger partial charge < -0.3 is 5.11 Å². The zero-order chi connectivity index (χ0) is 15.3. The van der Waals surface area contributed by atoms with Crippen LogP contribution in [0.5, 0.6) is 0 Å². The molecule has 1 rings (SSSR count). The van der Waals surface area contributed by atoms with Crippen LogP contribution in [-0.4, -0.2) is 53.3 Å². The van der Waals surface area contributed by atoms with E-state index in [4.69, 9.17) is 5.11 Å². The van der Waals surface area contributed by atoms with E-state index in [1.807, 2.05) is 20.8 Å². The molecule has 1 unspecified atom stereocenters. The molecule has 0 spiro atoms.